The number of nitrogens with zero attached hydrogens (tertiary/aromatic N) is 2. The van der Waals surface area contributed by atoms with Gasteiger partial charge in [0, 0.05) is 24.0 Å². The smallest absolute Gasteiger partial charge is 0.249 e. The van der Waals surface area contributed by atoms with Gasteiger partial charge in [0.2, 0.25) is 6.85 Å². The molecule has 1 spiro atoms. The quantitative estimate of drug-likeness (QED) is 0.515. The van der Waals surface area contributed by atoms with Crippen LogP contribution in [0.4, 0.5) is 0 Å². The zero-order valence-corrected chi connectivity index (χ0v) is 13.0. The summed E-state index contributed by atoms with van der Waals surface area (Å²) in [6.07, 6.45) is 11.0. The molecule has 2 unspecified atom stereocenters. The van der Waals surface area contributed by atoms with Gasteiger partial charge in [0.15, 0.2) is 0 Å². The highest BCUT2D eigenvalue weighted by molar-refractivity contribution is 6.57. The largest absolute Gasteiger partial charge is 0.276 e. The second kappa shape index (κ2) is 4.61. The predicted molar refractivity (Wildman–Crippen MR) is 87.5 cm³/mol. The van der Waals surface area contributed by atoms with Gasteiger partial charge >= 0.3 is 0 Å². The van der Waals surface area contributed by atoms with Gasteiger partial charge in [0.05, 0.1) is 0 Å². The maximum Gasteiger partial charge on any atom is 0.249 e. The van der Waals surface area contributed by atoms with Crippen molar-refractivity contribution in [1.29, 1.82) is 0 Å². The molecule has 0 bridgehead atoms. The van der Waals surface area contributed by atoms with Gasteiger partial charge < -0.3 is 0 Å². The lowest BCUT2D eigenvalue weighted by atomic mass is 9.55. The van der Waals surface area contributed by atoms with Crippen molar-refractivity contribution in [2.24, 2.45) is 11.3 Å². The fourth-order valence-corrected chi connectivity index (χ4v) is 4.85. The van der Waals surface area contributed by atoms with E-state index in [4.69, 9.17) is 0 Å². The molecule has 3 fully saturated rings. The maximum absolute atomic E-state index is 3.97. The summed E-state index contributed by atoms with van der Waals surface area (Å²) in [5.74, 6) is 0.840. The van der Waals surface area contributed by atoms with Crippen LogP contribution in [-0.2, 0) is 0 Å². The normalized spacial score (nSPS) is 32.7. The molecule has 20 heavy (non-hydrogen) atoms. The van der Waals surface area contributed by atoms with Gasteiger partial charge in [-0.2, -0.15) is 0 Å². The first kappa shape index (κ1) is 14.2. The van der Waals surface area contributed by atoms with Gasteiger partial charge in [-0.3, -0.25) is 4.92 Å². The van der Waals surface area contributed by atoms with E-state index in [1.165, 1.54) is 12.8 Å². The molecule has 108 valence electrons. The Morgan fingerprint density at radius 1 is 1.10 bits per heavy atom. The first-order chi connectivity index (χ1) is 9.54. The Hall–Kier alpha value is -0.795. The molecule has 1 saturated heterocycles. The topological polar surface area (TPSA) is 6.48 Å². The molecule has 2 atom stereocenters. The van der Waals surface area contributed by atoms with E-state index >= 15 is 0 Å². The van der Waals surface area contributed by atoms with Crippen molar-refractivity contribution < 1.29 is 0 Å². The van der Waals surface area contributed by atoms with Crippen molar-refractivity contribution in [2.75, 3.05) is 6.54 Å². The van der Waals surface area contributed by atoms with Crippen LogP contribution >= 0.6 is 0 Å². The van der Waals surface area contributed by atoms with Gasteiger partial charge in [-0.05, 0) is 30.9 Å². The molecule has 1 aliphatic heterocycles. The molecule has 0 aromatic carbocycles. The third kappa shape index (κ3) is 1.72. The molecular weight excluding hydrogens is 243 g/mol. The molecule has 1 heterocycles. The molecule has 3 aliphatic rings. The fourth-order valence-electron chi connectivity index (χ4n) is 4.85. The van der Waals surface area contributed by atoms with Gasteiger partial charge in [0.1, 0.15) is 0 Å². The summed E-state index contributed by atoms with van der Waals surface area (Å²) in [5.41, 5.74) is 0.914. The van der Waals surface area contributed by atoms with Crippen molar-refractivity contribution in [3.63, 3.8) is 0 Å². The second-order valence-electron chi connectivity index (χ2n) is 7.30. The van der Waals surface area contributed by atoms with Gasteiger partial charge in [-0.1, -0.05) is 32.1 Å². The summed E-state index contributed by atoms with van der Waals surface area (Å²) in [7, 11) is 0. The summed E-state index contributed by atoms with van der Waals surface area (Å²) in [6, 6.07) is 0.704. The van der Waals surface area contributed by atoms with Crippen LogP contribution in [-0.4, -0.2) is 34.9 Å². The van der Waals surface area contributed by atoms with Crippen LogP contribution in [0, 0.1) is 11.3 Å². The van der Waals surface area contributed by atoms with Gasteiger partial charge in [-0.15, -0.1) is 19.7 Å². The SMILES string of the molecule is C=CCB(CC=C)N1C2C(C2(C)C)C2(CC2)N1CC=C. The number of hydrogen-bond donors (Lipinski definition) is 0. The highest BCUT2D eigenvalue weighted by atomic mass is 15.7. The predicted octanol–water partition coefficient (Wildman–Crippen LogP) is 3.63. The minimum Gasteiger partial charge on any atom is -0.276 e. The van der Waals surface area contributed by atoms with Crippen LogP contribution in [0.25, 0.3) is 0 Å². The monoisotopic (exact) mass is 270 g/mol. The van der Waals surface area contributed by atoms with Crippen LogP contribution in [0.1, 0.15) is 26.7 Å². The number of hydrazine groups is 1. The summed E-state index contributed by atoms with van der Waals surface area (Å²) in [5, 5.41) is 2.64. The third-order valence-corrected chi connectivity index (χ3v) is 5.74. The van der Waals surface area contributed by atoms with Crippen LogP contribution in [0.2, 0.25) is 12.6 Å². The molecule has 0 amide bonds. The minimum atomic E-state index is 0.447. The molecule has 3 heteroatoms. The van der Waals surface area contributed by atoms with E-state index in [1.807, 2.05) is 0 Å². The lowest BCUT2D eigenvalue weighted by Crippen LogP contribution is -2.55. The van der Waals surface area contributed by atoms with Crippen LogP contribution in [0.5, 0.6) is 0 Å². The zero-order valence-electron chi connectivity index (χ0n) is 13.0. The zero-order chi connectivity index (χ0) is 14.5. The standard InChI is InChI=1S/C17H27BN2/c1-6-11-18(12-7-2)20-15-14(16(15,4)5)17(9-10-17)19(20)13-8-3/h6-8,14-15H,1-3,9-13H2,4-5H3. The molecule has 3 rings (SSSR count). The molecule has 2 aliphatic carbocycles. The van der Waals surface area contributed by atoms with Crippen molar-refractivity contribution in [3.8, 4) is 0 Å². The fraction of sp³-hybridized carbons (Fsp3) is 0.647. The van der Waals surface area contributed by atoms with Gasteiger partial charge in [0.25, 0.3) is 0 Å². The first-order valence-electron chi connectivity index (χ1n) is 7.93. The molecule has 0 aromatic heterocycles. The Bertz CT molecular complexity index is 428. The first-order valence-corrected chi connectivity index (χ1v) is 7.93. The van der Waals surface area contributed by atoms with E-state index in [-0.39, 0.29) is 0 Å². The third-order valence-electron chi connectivity index (χ3n) is 5.74. The van der Waals surface area contributed by atoms with Crippen molar-refractivity contribution in [2.45, 2.75) is 50.9 Å². The molecule has 2 saturated carbocycles. The van der Waals surface area contributed by atoms with Gasteiger partial charge in [-0.25, -0.2) is 5.01 Å². The minimum absolute atomic E-state index is 0.447. The van der Waals surface area contributed by atoms with Crippen molar-refractivity contribution in [1.82, 2.24) is 9.93 Å². The Kier molecular flexibility index (Phi) is 3.26. The van der Waals surface area contributed by atoms with E-state index in [0.29, 0.717) is 23.8 Å². The highest BCUT2D eigenvalue weighted by Crippen LogP contribution is 2.74. The summed E-state index contributed by atoms with van der Waals surface area (Å²) in [4.78, 5) is 2.68. The molecule has 0 radical (unpaired) electrons. The highest BCUT2D eigenvalue weighted by Gasteiger charge is 2.80. The van der Waals surface area contributed by atoms with E-state index in [2.05, 4.69) is 61.7 Å². The Morgan fingerprint density at radius 2 is 1.70 bits per heavy atom. The summed E-state index contributed by atoms with van der Waals surface area (Å²) in [6.45, 7) is 18.3. The average molecular weight is 270 g/mol. The van der Waals surface area contributed by atoms with E-state index in [1.54, 1.807) is 0 Å². The molecule has 0 aromatic rings. The Labute approximate surface area is 124 Å². The van der Waals surface area contributed by atoms with Crippen molar-refractivity contribution >= 4 is 6.85 Å². The maximum atomic E-state index is 3.97. The van der Waals surface area contributed by atoms with Crippen LogP contribution in [0.3, 0.4) is 0 Å². The molecular formula is C17H27BN2. The number of hydrogen-bond acceptors (Lipinski definition) is 2. The average Bonchev–Trinajstić information content (AvgIpc) is 3.22. The number of allylic oxidation sites excluding steroid dienone is 2. The Balaban J connectivity index is 1.91. The number of rotatable bonds is 7. The lowest BCUT2D eigenvalue weighted by Gasteiger charge is -2.42. The lowest BCUT2D eigenvalue weighted by molar-refractivity contribution is 0.0145. The summed E-state index contributed by atoms with van der Waals surface area (Å²) >= 11 is 0. The van der Waals surface area contributed by atoms with E-state index in [0.717, 1.165) is 25.1 Å². The summed E-state index contributed by atoms with van der Waals surface area (Å²) < 4.78 is 0. The second-order valence-corrected chi connectivity index (χ2v) is 7.30. The molecule has 0 N–H and O–H groups in total. The van der Waals surface area contributed by atoms with Crippen LogP contribution in [0.15, 0.2) is 38.0 Å². The molecule has 2 nitrogen and oxygen atoms in total. The Morgan fingerprint density at radius 3 is 2.15 bits per heavy atom. The number of fused-ring (bicyclic) bond motifs is 2. The van der Waals surface area contributed by atoms with E-state index < -0.39 is 0 Å². The van der Waals surface area contributed by atoms with Crippen molar-refractivity contribution in [3.05, 3.63) is 38.0 Å². The van der Waals surface area contributed by atoms with E-state index in [9.17, 15) is 0 Å². The van der Waals surface area contributed by atoms with Crippen LogP contribution < -0.4 is 0 Å².